The van der Waals surface area contributed by atoms with Crippen molar-refractivity contribution in [2.24, 2.45) is 0 Å². The molecule has 1 aromatic rings. The van der Waals surface area contributed by atoms with Crippen molar-refractivity contribution in [3.63, 3.8) is 0 Å². The lowest BCUT2D eigenvalue weighted by molar-refractivity contribution is 0.0827. The average molecular weight is 244 g/mol. The zero-order valence-electron chi connectivity index (χ0n) is 11.6. The number of benzene rings is 1. The van der Waals surface area contributed by atoms with Crippen LogP contribution in [-0.4, -0.2) is 30.1 Å². The van der Waals surface area contributed by atoms with Gasteiger partial charge in [0.2, 0.25) is 0 Å². The molecule has 1 saturated carbocycles. The van der Waals surface area contributed by atoms with Crippen LogP contribution in [0.5, 0.6) is 0 Å². The molecule has 1 heterocycles. The molecule has 0 radical (unpaired) electrons. The summed E-state index contributed by atoms with van der Waals surface area (Å²) < 4.78 is 0. The summed E-state index contributed by atoms with van der Waals surface area (Å²) in [5.41, 5.74) is 3.31. The van der Waals surface area contributed by atoms with Crippen LogP contribution < -0.4 is 5.32 Å². The first-order valence-electron chi connectivity index (χ1n) is 7.20. The summed E-state index contributed by atoms with van der Waals surface area (Å²) in [5.74, 6) is 0.862. The van der Waals surface area contributed by atoms with Gasteiger partial charge in [-0.15, -0.1) is 0 Å². The summed E-state index contributed by atoms with van der Waals surface area (Å²) in [7, 11) is 0. The van der Waals surface area contributed by atoms with Gasteiger partial charge in [0, 0.05) is 31.7 Å². The molecule has 1 saturated heterocycles. The fourth-order valence-electron chi connectivity index (χ4n) is 2.90. The van der Waals surface area contributed by atoms with Crippen LogP contribution >= 0.6 is 0 Å². The molecule has 1 N–H and O–H groups in total. The van der Waals surface area contributed by atoms with Crippen molar-refractivity contribution in [3.05, 3.63) is 35.4 Å². The van der Waals surface area contributed by atoms with Gasteiger partial charge in [-0.3, -0.25) is 4.90 Å². The van der Waals surface area contributed by atoms with E-state index in [1.165, 1.54) is 18.4 Å². The van der Waals surface area contributed by atoms with Crippen molar-refractivity contribution in [3.8, 4) is 0 Å². The molecule has 1 aliphatic heterocycles. The average Bonchev–Trinajstić information content (AvgIpc) is 3.16. The smallest absolute Gasteiger partial charge is 0.0281 e. The zero-order valence-corrected chi connectivity index (χ0v) is 11.6. The largest absolute Gasteiger partial charge is 0.314 e. The van der Waals surface area contributed by atoms with Gasteiger partial charge in [-0.25, -0.2) is 0 Å². The summed E-state index contributed by atoms with van der Waals surface area (Å²) in [6, 6.07) is 9.24. The van der Waals surface area contributed by atoms with Gasteiger partial charge < -0.3 is 5.32 Å². The van der Waals surface area contributed by atoms with E-state index in [1.807, 2.05) is 0 Å². The van der Waals surface area contributed by atoms with Crippen LogP contribution in [0.25, 0.3) is 0 Å². The van der Waals surface area contributed by atoms with Gasteiger partial charge in [0.15, 0.2) is 0 Å². The summed E-state index contributed by atoms with van der Waals surface area (Å²) in [6.07, 6.45) is 2.78. The Morgan fingerprint density at radius 1 is 1.33 bits per heavy atom. The minimum absolute atomic E-state index is 0.272. The first-order valence-corrected chi connectivity index (χ1v) is 7.20. The second-order valence-corrected chi connectivity index (χ2v) is 6.43. The molecule has 2 nitrogen and oxygen atoms in total. The molecule has 18 heavy (non-hydrogen) atoms. The van der Waals surface area contributed by atoms with E-state index >= 15 is 0 Å². The van der Waals surface area contributed by atoms with Gasteiger partial charge in [-0.05, 0) is 43.7 Å². The number of hydrogen-bond donors (Lipinski definition) is 1. The Labute approximate surface area is 110 Å². The van der Waals surface area contributed by atoms with Gasteiger partial charge in [0.1, 0.15) is 0 Å². The van der Waals surface area contributed by atoms with Crippen LogP contribution in [0.2, 0.25) is 0 Å². The van der Waals surface area contributed by atoms with E-state index in [0.29, 0.717) is 0 Å². The van der Waals surface area contributed by atoms with E-state index in [-0.39, 0.29) is 5.54 Å². The lowest BCUT2D eigenvalue weighted by Crippen LogP contribution is -2.57. The Hall–Kier alpha value is -0.860. The van der Waals surface area contributed by atoms with Gasteiger partial charge in [0.05, 0.1) is 0 Å². The van der Waals surface area contributed by atoms with Gasteiger partial charge in [-0.1, -0.05) is 24.3 Å². The van der Waals surface area contributed by atoms with Crippen molar-refractivity contribution in [2.75, 3.05) is 19.6 Å². The molecule has 3 rings (SSSR count). The Bertz CT molecular complexity index is 421. The van der Waals surface area contributed by atoms with Gasteiger partial charge in [0.25, 0.3) is 0 Å². The fraction of sp³-hybridized carbons (Fsp3) is 0.625. The van der Waals surface area contributed by atoms with Crippen molar-refractivity contribution >= 4 is 0 Å². The number of nitrogens with zero attached hydrogens (tertiary/aromatic N) is 1. The van der Waals surface area contributed by atoms with Crippen molar-refractivity contribution in [1.29, 1.82) is 0 Å². The molecular weight excluding hydrogens is 220 g/mol. The minimum atomic E-state index is 0.272. The Morgan fingerprint density at radius 2 is 2.17 bits per heavy atom. The Kier molecular flexibility index (Phi) is 3.16. The fourth-order valence-corrected chi connectivity index (χ4v) is 2.90. The highest BCUT2D eigenvalue weighted by Gasteiger charge is 2.29. The molecule has 1 aromatic carbocycles. The summed E-state index contributed by atoms with van der Waals surface area (Å²) in [5, 5.41) is 3.49. The summed E-state index contributed by atoms with van der Waals surface area (Å²) in [6.45, 7) is 9.13. The molecular formula is C16H24N2. The number of piperazine rings is 1. The van der Waals surface area contributed by atoms with Crippen molar-refractivity contribution in [1.82, 2.24) is 10.2 Å². The molecule has 0 bridgehead atoms. The molecule has 2 aliphatic rings. The molecule has 0 unspecified atom stereocenters. The van der Waals surface area contributed by atoms with Crippen LogP contribution in [-0.2, 0) is 6.54 Å². The van der Waals surface area contributed by atoms with Crippen molar-refractivity contribution in [2.45, 2.75) is 44.7 Å². The number of rotatable bonds is 3. The maximum absolute atomic E-state index is 3.49. The van der Waals surface area contributed by atoms with Crippen LogP contribution in [0.15, 0.2) is 24.3 Å². The quantitative estimate of drug-likeness (QED) is 0.879. The van der Waals surface area contributed by atoms with Crippen molar-refractivity contribution < 1.29 is 0 Å². The molecule has 98 valence electrons. The van der Waals surface area contributed by atoms with E-state index in [4.69, 9.17) is 0 Å². The number of nitrogens with one attached hydrogen (secondary N) is 1. The molecule has 0 spiro atoms. The van der Waals surface area contributed by atoms with Crippen LogP contribution in [0.3, 0.4) is 0 Å². The zero-order chi connectivity index (χ0) is 12.6. The monoisotopic (exact) mass is 244 g/mol. The first-order chi connectivity index (χ1) is 8.65. The second kappa shape index (κ2) is 4.67. The highest BCUT2D eigenvalue weighted by atomic mass is 15.2. The van der Waals surface area contributed by atoms with Crippen LogP contribution in [0, 0.1) is 0 Å². The third-order valence-electron chi connectivity index (χ3n) is 4.35. The lowest BCUT2D eigenvalue weighted by atomic mass is 9.98. The molecule has 0 aromatic heterocycles. The lowest BCUT2D eigenvalue weighted by Gasteiger charge is -2.43. The van der Waals surface area contributed by atoms with Gasteiger partial charge >= 0.3 is 0 Å². The third kappa shape index (κ3) is 2.60. The van der Waals surface area contributed by atoms with Gasteiger partial charge in [-0.2, -0.15) is 0 Å². The molecule has 0 amide bonds. The minimum Gasteiger partial charge on any atom is -0.314 e. The van der Waals surface area contributed by atoms with E-state index < -0.39 is 0 Å². The SMILES string of the molecule is CC1(C)CNCCN1Cc1cccc(C2CC2)c1. The normalized spacial score (nSPS) is 24.1. The highest BCUT2D eigenvalue weighted by molar-refractivity contribution is 5.29. The predicted octanol–water partition coefficient (Wildman–Crippen LogP) is 2.75. The maximum atomic E-state index is 3.49. The van der Waals surface area contributed by atoms with Crippen LogP contribution in [0.1, 0.15) is 43.7 Å². The molecule has 2 fully saturated rings. The maximum Gasteiger partial charge on any atom is 0.0281 e. The van der Waals surface area contributed by atoms with E-state index in [9.17, 15) is 0 Å². The standard InChI is InChI=1S/C16H24N2/c1-16(2)12-17-8-9-18(16)11-13-4-3-5-15(10-13)14-6-7-14/h3-5,10,14,17H,6-9,11-12H2,1-2H3. The molecule has 1 aliphatic carbocycles. The summed E-state index contributed by atoms with van der Waals surface area (Å²) in [4.78, 5) is 2.61. The van der Waals surface area contributed by atoms with E-state index in [1.54, 1.807) is 5.56 Å². The summed E-state index contributed by atoms with van der Waals surface area (Å²) >= 11 is 0. The van der Waals surface area contributed by atoms with Crippen LogP contribution in [0.4, 0.5) is 0 Å². The third-order valence-corrected chi connectivity index (χ3v) is 4.35. The van der Waals surface area contributed by atoms with E-state index in [2.05, 4.69) is 48.3 Å². The predicted molar refractivity (Wildman–Crippen MR) is 75.8 cm³/mol. The topological polar surface area (TPSA) is 15.3 Å². The van der Waals surface area contributed by atoms with E-state index in [0.717, 1.165) is 32.1 Å². The Morgan fingerprint density at radius 3 is 2.89 bits per heavy atom. The first kappa shape index (κ1) is 12.2. The molecule has 0 atom stereocenters. The number of hydrogen-bond acceptors (Lipinski definition) is 2. The highest BCUT2D eigenvalue weighted by Crippen LogP contribution is 2.40. The second-order valence-electron chi connectivity index (χ2n) is 6.43. The molecule has 2 heteroatoms. The Balaban J connectivity index is 1.73.